The molecule has 1 aliphatic rings. The van der Waals surface area contributed by atoms with Gasteiger partial charge in [0.1, 0.15) is 5.84 Å². The summed E-state index contributed by atoms with van der Waals surface area (Å²) in [6.45, 7) is 2.90. The van der Waals surface area contributed by atoms with Crippen molar-refractivity contribution < 1.29 is 22.8 Å². The van der Waals surface area contributed by atoms with Gasteiger partial charge in [0.05, 0.1) is 0 Å². The first-order chi connectivity index (χ1) is 14.2. The molecule has 158 valence electrons. The van der Waals surface area contributed by atoms with Crippen LogP contribution in [-0.4, -0.2) is 40.9 Å². The zero-order valence-corrected chi connectivity index (χ0v) is 16.6. The number of rotatable bonds is 6. The fourth-order valence-corrected chi connectivity index (χ4v) is 3.12. The van der Waals surface area contributed by atoms with Crippen LogP contribution in [0.1, 0.15) is 25.0 Å². The third-order valence-corrected chi connectivity index (χ3v) is 4.82. The van der Waals surface area contributed by atoms with Crippen LogP contribution in [0.5, 0.6) is 0 Å². The lowest BCUT2D eigenvalue weighted by atomic mass is 10.1. The second-order valence-corrected chi connectivity index (χ2v) is 7.35. The SMILES string of the molecule is CC(C)C(=O)N[C@@]1(C(F)(F)F)N=C(c2ccccc2)N(CCc2ccccc2)C1=O. The van der Waals surface area contributed by atoms with Crippen molar-refractivity contribution in [3.05, 3.63) is 71.8 Å². The Morgan fingerprint density at radius 2 is 1.63 bits per heavy atom. The highest BCUT2D eigenvalue weighted by Gasteiger charge is 2.67. The number of nitrogens with one attached hydrogen (secondary N) is 1. The predicted molar refractivity (Wildman–Crippen MR) is 107 cm³/mol. The van der Waals surface area contributed by atoms with Crippen LogP contribution >= 0.6 is 0 Å². The minimum Gasteiger partial charge on any atom is -0.316 e. The van der Waals surface area contributed by atoms with Crippen LogP contribution in [0.25, 0.3) is 0 Å². The maximum Gasteiger partial charge on any atom is 0.442 e. The summed E-state index contributed by atoms with van der Waals surface area (Å²) in [4.78, 5) is 30.1. The average Bonchev–Trinajstić information content (AvgIpc) is 3.00. The molecule has 0 unspecified atom stereocenters. The molecule has 5 nitrogen and oxygen atoms in total. The van der Waals surface area contributed by atoms with Crippen LogP contribution in [0.2, 0.25) is 0 Å². The number of halogens is 3. The van der Waals surface area contributed by atoms with E-state index in [1.165, 1.54) is 13.8 Å². The fraction of sp³-hybridized carbons (Fsp3) is 0.318. The van der Waals surface area contributed by atoms with Gasteiger partial charge in [-0.3, -0.25) is 14.5 Å². The summed E-state index contributed by atoms with van der Waals surface area (Å²) in [5.74, 6) is -3.07. The Morgan fingerprint density at radius 1 is 1.07 bits per heavy atom. The predicted octanol–water partition coefficient (Wildman–Crippen LogP) is 3.55. The highest BCUT2D eigenvalue weighted by molar-refractivity contribution is 6.16. The van der Waals surface area contributed by atoms with Gasteiger partial charge in [0, 0.05) is 18.0 Å². The van der Waals surface area contributed by atoms with Crippen molar-refractivity contribution in [3.63, 3.8) is 0 Å². The summed E-state index contributed by atoms with van der Waals surface area (Å²) >= 11 is 0. The number of carbonyl (C=O) groups is 2. The largest absolute Gasteiger partial charge is 0.442 e. The number of carbonyl (C=O) groups excluding carboxylic acids is 2. The number of alkyl halides is 3. The Hall–Kier alpha value is -3.16. The van der Waals surface area contributed by atoms with Crippen molar-refractivity contribution in [3.8, 4) is 0 Å². The van der Waals surface area contributed by atoms with Crippen LogP contribution in [0.15, 0.2) is 65.7 Å². The Bertz CT molecular complexity index is 943. The van der Waals surface area contributed by atoms with Crippen molar-refractivity contribution in [1.29, 1.82) is 0 Å². The van der Waals surface area contributed by atoms with E-state index in [4.69, 9.17) is 0 Å². The van der Waals surface area contributed by atoms with E-state index >= 15 is 0 Å². The van der Waals surface area contributed by atoms with E-state index in [2.05, 4.69) is 4.99 Å². The van der Waals surface area contributed by atoms with Gasteiger partial charge in [-0.05, 0) is 12.0 Å². The molecule has 3 rings (SSSR count). The summed E-state index contributed by atoms with van der Waals surface area (Å²) in [5.41, 5.74) is -2.10. The fourth-order valence-electron chi connectivity index (χ4n) is 3.12. The lowest BCUT2D eigenvalue weighted by Gasteiger charge is -2.29. The highest BCUT2D eigenvalue weighted by atomic mass is 19.4. The standard InChI is InChI=1S/C22H22F3N3O2/c1-15(2)19(29)27-21(22(23,24)25)20(30)28(14-13-16-9-5-3-6-10-16)18(26-21)17-11-7-4-8-12-17/h3-12,15H,13-14H2,1-2H3,(H,27,29)/t21-/m0/s1. The molecule has 1 atom stereocenters. The Morgan fingerprint density at radius 3 is 2.17 bits per heavy atom. The molecule has 0 fully saturated rings. The van der Waals surface area contributed by atoms with Crippen LogP contribution < -0.4 is 5.32 Å². The first-order valence-electron chi connectivity index (χ1n) is 9.55. The van der Waals surface area contributed by atoms with E-state index in [0.29, 0.717) is 12.0 Å². The molecular formula is C22H22F3N3O2. The maximum atomic E-state index is 14.1. The summed E-state index contributed by atoms with van der Waals surface area (Å²) in [5, 5.41) is 1.87. The van der Waals surface area contributed by atoms with E-state index < -0.39 is 29.6 Å². The molecule has 30 heavy (non-hydrogen) atoms. The molecule has 8 heteroatoms. The zero-order chi connectivity index (χ0) is 21.9. The lowest BCUT2D eigenvalue weighted by molar-refractivity contribution is -0.200. The highest BCUT2D eigenvalue weighted by Crippen LogP contribution is 2.38. The number of amidine groups is 1. The molecule has 2 aromatic rings. The van der Waals surface area contributed by atoms with Gasteiger partial charge in [-0.15, -0.1) is 0 Å². The third-order valence-electron chi connectivity index (χ3n) is 4.82. The molecule has 0 radical (unpaired) electrons. The lowest BCUT2D eigenvalue weighted by Crippen LogP contribution is -2.64. The van der Waals surface area contributed by atoms with Gasteiger partial charge in [0.2, 0.25) is 5.91 Å². The quantitative estimate of drug-likeness (QED) is 0.782. The Kier molecular flexibility index (Phi) is 5.96. The first kappa shape index (κ1) is 21.5. The number of amides is 2. The number of hydrogen-bond donors (Lipinski definition) is 1. The molecule has 2 amide bonds. The Balaban J connectivity index is 2.04. The molecule has 0 saturated carbocycles. The molecule has 0 aliphatic carbocycles. The van der Waals surface area contributed by atoms with Gasteiger partial charge in [-0.1, -0.05) is 74.5 Å². The van der Waals surface area contributed by atoms with Crippen LogP contribution in [0.3, 0.4) is 0 Å². The summed E-state index contributed by atoms with van der Waals surface area (Å²) in [7, 11) is 0. The molecular weight excluding hydrogens is 395 g/mol. The van der Waals surface area contributed by atoms with Gasteiger partial charge in [-0.2, -0.15) is 13.2 Å². The topological polar surface area (TPSA) is 61.8 Å². The molecule has 1 N–H and O–H groups in total. The number of nitrogens with zero attached hydrogens (tertiary/aromatic N) is 2. The average molecular weight is 417 g/mol. The minimum atomic E-state index is -5.10. The van der Waals surface area contributed by atoms with Crippen molar-refractivity contribution in [2.24, 2.45) is 10.9 Å². The number of hydrogen-bond acceptors (Lipinski definition) is 3. The molecule has 0 saturated heterocycles. The first-order valence-corrected chi connectivity index (χ1v) is 9.55. The molecule has 0 spiro atoms. The van der Waals surface area contributed by atoms with Crippen LogP contribution in [-0.2, 0) is 16.0 Å². The summed E-state index contributed by atoms with van der Waals surface area (Å²) < 4.78 is 42.4. The third kappa shape index (κ3) is 4.08. The second-order valence-electron chi connectivity index (χ2n) is 7.35. The van der Waals surface area contributed by atoms with Crippen molar-refractivity contribution >= 4 is 17.6 Å². The monoisotopic (exact) mass is 417 g/mol. The van der Waals surface area contributed by atoms with Crippen LogP contribution in [0.4, 0.5) is 13.2 Å². The smallest absolute Gasteiger partial charge is 0.316 e. The molecule has 0 bridgehead atoms. The number of aliphatic imine (C=N–C) groups is 1. The molecule has 2 aromatic carbocycles. The molecule has 0 aromatic heterocycles. The van der Waals surface area contributed by atoms with E-state index in [1.54, 1.807) is 30.3 Å². The van der Waals surface area contributed by atoms with Gasteiger partial charge in [0.15, 0.2) is 0 Å². The summed E-state index contributed by atoms with van der Waals surface area (Å²) in [6, 6.07) is 17.3. The second kappa shape index (κ2) is 8.30. The Labute approximate surface area is 172 Å². The van der Waals surface area contributed by atoms with Crippen LogP contribution in [0, 0.1) is 5.92 Å². The van der Waals surface area contributed by atoms with E-state index in [1.807, 2.05) is 35.6 Å². The van der Waals surface area contributed by atoms with E-state index in [9.17, 15) is 22.8 Å². The van der Waals surface area contributed by atoms with Gasteiger partial charge >= 0.3 is 11.8 Å². The maximum absolute atomic E-state index is 14.1. The summed E-state index contributed by atoms with van der Waals surface area (Å²) in [6.07, 6.45) is -4.76. The minimum absolute atomic E-state index is 0.00798. The number of benzene rings is 2. The van der Waals surface area contributed by atoms with Crippen molar-refractivity contribution in [2.75, 3.05) is 6.54 Å². The zero-order valence-electron chi connectivity index (χ0n) is 16.6. The molecule has 1 aliphatic heterocycles. The normalized spacial score (nSPS) is 19.2. The van der Waals surface area contributed by atoms with E-state index in [0.717, 1.165) is 10.5 Å². The van der Waals surface area contributed by atoms with Gasteiger partial charge in [0.25, 0.3) is 5.91 Å². The van der Waals surface area contributed by atoms with E-state index in [-0.39, 0.29) is 12.4 Å². The van der Waals surface area contributed by atoms with Crippen molar-refractivity contribution in [1.82, 2.24) is 10.2 Å². The van der Waals surface area contributed by atoms with Gasteiger partial charge in [-0.25, -0.2) is 4.99 Å². The van der Waals surface area contributed by atoms with Gasteiger partial charge < -0.3 is 5.32 Å². The van der Waals surface area contributed by atoms with Crippen molar-refractivity contribution in [2.45, 2.75) is 32.1 Å². The molecule has 1 heterocycles.